The van der Waals surface area contributed by atoms with E-state index < -0.39 is 0 Å². The summed E-state index contributed by atoms with van der Waals surface area (Å²) in [5.41, 5.74) is 3.50. The first-order chi connectivity index (χ1) is 7.70. The minimum atomic E-state index is 0.347. The molecule has 0 bridgehead atoms. The molecule has 0 saturated carbocycles. The minimum Gasteiger partial charge on any atom is -0.454 e. The Morgan fingerprint density at radius 3 is 2.69 bits per heavy atom. The Morgan fingerprint density at radius 2 is 2.00 bits per heavy atom. The zero-order valence-corrected chi connectivity index (χ0v) is 11.2. The second kappa shape index (κ2) is 5.06. The van der Waals surface area contributed by atoms with Crippen molar-refractivity contribution in [2.75, 3.05) is 25.8 Å². The minimum absolute atomic E-state index is 0.347. The number of hydrogen-bond acceptors (Lipinski definition) is 3. The summed E-state index contributed by atoms with van der Waals surface area (Å²) in [6, 6.07) is 4.16. The van der Waals surface area contributed by atoms with Crippen LogP contribution in [0.2, 0.25) is 0 Å². The van der Waals surface area contributed by atoms with Crippen LogP contribution < -0.4 is 9.47 Å². The summed E-state index contributed by atoms with van der Waals surface area (Å²) >= 11 is 3.44. The Balaban J connectivity index is 2.09. The number of rotatable bonds is 4. The van der Waals surface area contributed by atoms with E-state index in [0.717, 1.165) is 29.9 Å². The van der Waals surface area contributed by atoms with Crippen LogP contribution >= 0.6 is 15.9 Å². The third-order valence-electron chi connectivity index (χ3n) is 2.80. The summed E-state index contributed by atoms with van der Waals surface area (Å²) in [6.45, 7) is 3.50. The molecule has 0 fully saturated rings. The maximum Gasteiger partial charge on any atom is 0.231 e. The topological polar surface area (TPSA) is 21.7 Å². The van der Waals surface area contributed by atoms with E-state index >= 15 is 0 Å². The van der Waals surface area contributed by atoms with Crippen LogP contribution in [0.5, 0.6) is 11.5 Å². The molecule has 4 heteroatoms. The maximum absolute atomic E-state index is 5.38. The molecule has 2 rings (SSSR count). The first-order valence-corrected chi connectivity index (χ1v) is 6.46. The van der Waals surface area contributed by atoms with Gasteiger partial charge in [0.2, 0.25) is 6.79 Å². The van der Waals surface area contributed by atoms with Gasteiger partial charge in [-0.2, -0.15) is 0 Å². The lowest BCUT2D eigenvalue weighted by Crippen LogP contribution is -2.19. The van der Waals surface area contributed by atoms with Gasteiger partial charge in [-0.25, -0.2) is 0 Å². The van der Waals surface area contributed by atoms with Crippen LogP contribution in [-0.4, -0.2) is 30.7 Å². The molecule has 0 radical (unpaired) electrons. The second-order valence-corrected chi connectivity index (χ2v) is 4.58. The smallest absolute Gasteiger partial charge is 0.231 e. The Kier molecular flexibility index (Phi) is 3.71. The van der Waals surface area contributed by atoms with Gasteiger partial charge in [-0.3, -0.25) is 4.90 Å². The van der Waals surface area contributed by atoms with Crippen molar-refractivity contribution >= 4 is 15.9 Å². The number of hydrogen-bond donors (Lipinski definition) is 0. The SMILES string of the molecule is Cc1cc2c(cc1CCN(C)CBr)OCO2. The van der Waals surface area contributed by atoms with E-state index in [0.29, 0.717) is 6.79 Å². The van der Waals surface area contributed by atoms with E-state index in [4.69, 9.17) is 9.47 Å². The van der Waals surface area contributed by atoms with Gasteiger partial charge < -0.3 is 9.47 Å². The van der Waals surface area contributed by atoms with Crippen molar-refractivity contribution < 1.29 is 9.47 Å². The third-order valence-corrected chi connectivity index (χ3v) is 3.65. The van der Waals surface area contributed by atoms with E-state index in [1.54, 1.807) is 0 Å². The monoisotopic (exact) mass is 285 g/mol. The fourth-order valence-corrected chi connectivity index (χ4v) is 1.98. The van der Waals surface area contributed by atoms with Gasteiger partial charge in [0.15, 0.2) is 11.5 Å². The molecule has 0 aliphatic carbocycles. The van der Waals surface area contributed by atoms with Crippen molar-refractivity contribution in [3.05, 3.63) is 23.3 Å². The first kappa shape index (κ1) is 11.7. The molecule has 0 N–H and O–H groups in total. The van der Waals surface area contributed by atoms with Crippen molar-refractivity contribution in [2.45, 2.75) is 13.3 Å². The lowest BCUT2D eigenvalue weighted by Gasteiger charge is -2.14. The van der Waals surface area contributed by atoms with E-state index in [-0.39, 0.29) is 0 Å². The average Bonchev–Trinajstić information content (AvgIpc) is 2.72. The van der Waals surface area contributed by atoms with Gasteiger partial charge >= 0.3 is 0 Å². The van der Waals surface area contributed by atoms with E-state index in [9.17, 15) is 0 Å². The lowest BCUT2D eigenvalue weighted by atomic mass is 10.0. The Labute approximate surface area is 104 Å². The maximum atomic E-state index is 5.38. The van der Waals surface area contributed by atoms with Crippen LogP contribution in [-0.2, 0) is 6.42 Å². The summed E-state index contributed by atoms with van der Waals surface area (Å²) in [7, 11) is 2.09. The zero-order valence-electron chi connectivity index (χ0n) is 9.62. The molecule has 1 aliphatic heterocycles. The summed E-state index contributed by atoms with van der Waals surface area (Å²) < 4.78 is 10.7. The molecule has 1 aliphatic rings. The predicted molar refractivity (Wildman–Crippen MR) is 67.4 cm³/mol. The molecule has 0 aromatic heterocycles. The molecular formula is C12H16BrNO2. The van der Waals surface area contributed by atoms with E-state index in [1.165, 1.54) is 11.1 Å². The summed E-state index contributed by atoms with van der Waals surface area (Å²) in [6.07, 6.45) is 1.03. The van der Waals surface area contributed by atoms with Gasteiger partial charge in [0.05, 0.1) is 5.45 Å². The van der Waals surface area contributed by atoms with Crippen molar-refractivity contribution in [3.8, 4) is 11.5 Å². The van der Waals surface area contributed by atoms with Crippen molar-refractivity contribution in [1.29, 1.82) is 0 Å². The van der Waals surface area contributed by atoms with Crippen LogP contribution in [0.1, 0.15) is 11.1 Å². The molecule has 0 spiro atoms. The molecule has 3 nitrogen and oxygen atoms in total. The number of likely N-dealkylation sites (N-methyl/N-ethyl adjacent to an activating group) is 1. The lowest BCUT2D eigenvalue weighted by molar-refractivity contribution is 0.174. The predicted octanol–water partition coefficient (Wildman–Crippen LogP) is 2.55. The van der Waals surface area contributed by atoms with Crippen LogP contribution in [0, 0.1) is 6.92 Å². The van der Waals surface area contributed by atoms with Gasteiger partial charge in [0, 0.05) is 6.54 Å². The molecule has 0 amide bonds. The highest BCUT2D eigenvalue weighted by Crippen LogP contribution is 2.34. The van der Waals surface area contributed by atoms with Gasteiger partial charge in [0.1, 0.15) is 0 Å². The number of alkyl halides is 1. The molecule has 1 aromatic rings. The number of fused-ring (bicyclic) bond motifs is 1. The molecule has 1 heterocycles. The molecule has 88 valence electrons. The number of ether oxygens (including phenoxy) is 2. The van der Waals surface area contributed by atoms with Gasteiger partial charge in [-0.1, -0.05) is 15.9 Å². The van der Waals surface area contributed by atoms with Crippen molar-refractivity contribution in [2.24, 2.45) is 0 Å². The Morgan fingerprint density at radius 1 is 1.31 bits per heavy atom. The average molecular weight is 286 g/mol. The molecular weight excluding hydrogens is 270 g/mol. The van der Waals surface area contributed by atoms with Crippen LogP contribution in [0.3, 0.4) is 0 Å². The van der Waals surface area contributed by atoms with Gasteiger partial charge in [-0.15, -0.1) is 0 Å². The van der Waals surface area contributed by atoms with Crippen molar-refractivity contribution in [1.82, 2.24) is 4.90 Å². The number of benzene rings is 1. The number of nitrogens with zero attached hydrogens (tertiary/aromatic N) is 1. The summed E-state index contributed by atoms with van der Waals surface area (Å²) in [5, 5.41) is 0. The van der Waals surface area contributed by atoms with Crippen LogP contribution in [0.15, 0.2) is 12.1 Å². The highest BCUT2D eigenvalue weighted by Gasteiger charge is 2.15. The van der Waals surface area contributed by atoms with E-state index in [2.05, 4.69) is 46.9 Å². The number of aryl methyl sites for hydroxylation is 1. The standard InChI is InChI=1S/C12H16BrNO2/c1-9-5-11-12(16-8-15-11)6-10(9)3-4-14(2)7-13/h5-6H,3-4,7-8H2,1-2H3. The molecule has 1 aromatic carbocycles. The zero-order chi connectivity index (χ0) is 11.5. The van der Waals surface area contributed by atoms with Crippen molar-refractivity contribution in [3.63, 3.8) is 0 Å². The molecule has 0 unspecified atom stereocenters. The summed E-state index contributed by atoms with van der Waals surface area (Å²) in [4.78, 5) is 2.23. The number of halogens is 1. The van der Waals surface area contributed by atoms with Crippen LogP contribution in [0.25, 0.3) is 0 Å². The second-order valence-electron chi connectivity index (χ2n) is 4.08. The molecule has 0 saturated heterocycles. The van der Waals surface area contributed by atoms with Gasteiger partial charge in [0.25, 0.3) is 0 Å². The largest absolute Gasteiger partial charge is 0.454 e. The molecule has 16 heavy (non-hydrogen) atoms. The van der Waals surface area contributed by atoms with Crippen LogP contribution in [0.4, 0.5) is 0 Å². The first-order valence-electron chi connectivity index (χ1n) is 5.34. The molecule has 0 atom stereocenters. The van der Waals surface area contributed by atoms with E-state index in [1.807, 2.05) is 0 Å². The fraction of sp³-hybridized carbons (Fsp3) is 0.500. The third kappa shape index (κ3) is 2.50. The highest BCUT2D eigenvalue weighted by molar-refractivity contribution is 9.09. The fourth-order valence-electron chi connectivity index (χ4n) is 1.73. The summed E-state index contributed by atoms with van der Waals surface area (Å²) in [5.74, 6) is 1.75. The Hall–Kier alpha value is -0.740. The normalized spacial score (nSPS) is 13.5. The highest BCUT2D eigenvalue weighted by atomic mass is 79.9. The Bertz CT molecular complexity index is 382. The van der Waals surface area contributed by atoms with Gasteiger partial charge in [-0.05, 0) is 43.7 Å². The quantitative estimate of drug-likeness (QED) is 0.627.